The number of fused-ring (bicyclic) bond motifs is 1. The van der Waals surface area contributed by atoms with Crippen molar-refractivity contribution in [1.29, 1.82) is 0 Å². The van der Waals surface area contributed by atoms with Gasteiger partial charge in [0, 0.05) is 73.4 Å². The van der Waals surface area contributed by atoms with E-state index in [0.29, 0.717) is 5.88 Å². The Morgan fingerprint density at radius 2 is 1.67 bits per heavy atom. The number of carbonyl (C=O) groups excluding carboxylic acids is 1. The van der Waals surface area contributed by atoms with E-state index in [-0.39, 0.29) is 5.91 Å². The first-order valence-corrected chi connectivity index (χ1v) is 13.1. The van der Waals surface area contributed by atoms with Crippen LogP contribution in [0.1, 0.15) is 23.2 Å². The lowest BCUT2D eigenvalue weighted by atomic mass is 10.1. The van der Waals surface area contributed by atoms with Gasteiger partial charge in [-0.2, -0.15) is 0 Å². The zero-order valence-corrected chi connectivity index (χ0v) is 22.3. The number of carbonyl (C=O) groups is 1. The molecule has 1 saturated heterocycles. The van der Waals surface area contributed by atoms with E-state index in [1.165, 1.54) is 5.56 Å². The Balaban J connectivity index is 1.38. The largest absolute Gasteiger partial charge is 0.497 e. The molecule has 0 radical (unpaired) electrons. The molecular weight excluding hydrogens is 474 g/mol. The molecule has 6 nitrogen and oxygen atoms in total. The third-order valence-corrected chi connectivity index (χ3v) is 7.31. The molecule has 0 bridgehead atoms. The zero-order chi connectivity index (χ0) is 25.5. The number of aromatic nitrogens is 1. The van der Waals surface area contributed by atoms with Crippen LogP contribution in [0.15, 0.2) is 48.5 Å². The average molecular weight is 510 g/mol. The molecule has 2 aromatic carbocycles. The van der Waals surface area contributed by atoms with Crippen molar-refractivity contribution in [2.45, 2.75) is 26.3 Å². The van der Waals surface area contributed by atoms with E-state index in [1.54, 1.807) is 20.3 Å². The summed E-state index contributed by atoms with van der Waals surface area (Å²) < 4.78 is 13.0. The van der Waals surface area contributed by atoms with Gasteiger partial charge in [0.1, 0.15) is 11.5 Å². The lowest BCUT2D eigenvalue weighted by molar-refractivity contribution is -0.127. The van der Waals surface area contributed by atoms with Crippen LogP contribution in [0.2, 0.25) is 0 Å². The van der Waals surface area contributed by atoms with Crippen LogP contribution in [-0.4, -0.2) is 73.1 Å². The van der Waals surface area contributed by atoms with E-state index in [9.17, 15) is 4.79 Å². The van der Waals surface area contributed by atoms with Crippen molar-refractivity contribution in [2.75, 3.05) is 52.8 Å². The number of rotatable bonds is 10. The van der Waals surface area contributed by atoms with Gasteiger partial charge < -0.3 is 18.9 Å². The highest BCUT2D eigenvalue weighted by molar-refractivity contribution is 6.17. The first-order chi connectivity index (χ1) is 17.5. The first-order valence-electron chi connectivity index (χ1n) is 12.6. The average Bonchev–Trinajstić information content (AvgIpc) is 3.19. The summed E-state index contributed by atoms with van der Waals surface area (Å²) in [5.74, 6) is 2.37. The van der Waals surface area contributed by atoms with Crippen LogP contribution in [-0.2, 0) is 17.8 Å². The topological polar surface area (TPSA) is 46.9 Å². The highest BCUT2D eigenvalue weighted by atomic mass is 35.5. The highest BCUT2D eigenvalue weighted by Gasteiger charge is 2.20. The SMILES string of the molecule is COc1ccc(CCN2CCN(C(=O)C=Cc3c(C)n(CCCCl)c4ccc(OC)cc34)CC2)cc1. The van der Waals surface area contributed by atoms with E-state index in [1.807, 2.05) is 35.2 Å². The number of amides is 1. The lowest BCUT2D eigenvalue weighted by Gasteiger charge is -2.34. The standard InChI is InChI=1S/C29H36ClN3O3/c1-22-26(27-21-25(36-3)9-11-28(27)33(22)15-4-14-30)10-12-29(34)32-19-17-31(18-20-32)16-13-23-5-7-24(35-2)8-6-23/h5-12,21H,4,13-20H2,1-3H3. The number of benzene rings is 2. The number of piperazine rings is 1. The van der Waals surface area contributed by atoms with Crippen LogP contribution in [0.4, 0.5) is 0 Å². The van der Waals surface area contributed by atoms with E-state index >= 15 is 0 Å². The molecule has 7 heteroatoms. The molecule has 4 rings (SSSR count). The van der Waals surface area contributed by atoms with Gasteiger partial charge in [-0.1, -0.05) is 12.1 Å². The van der Waals surface area contributed by atoms with E-state index in [4.69, 9.17) is 21.1 Å². The smallest absolute Gasteiger partial charge is 0.246 e. The van der Waals surface area contributed by atoms with Gasteiger partial charge in [-0.25, -0.2) is 0 Å². The maximum Gasteiger partial charge on any atom is 0.246 e. The fourth-order valence-electron chi connectivity index (χ4n) is 4.86. The predicted molar refractivity (Wildman–Crippen MR) is 147 cm³/mol. The molecule has 0 unspecified atom stereocenters. The molecule has 1 aliphatic rings. The third kappa shape index (κ3) is 6.05. The fourth-order valence-corrected chi connectivity index (χ4v) is 4.98. The van der Waals surface area contributed by atoms with Gasteiger partial charge in [-0.15, -0.1) is 11.6 Å². The summed E-state index contributed by atoms with van der Waals surface area (Å²) >= 11 is 5.96. The first kappa shape index (κ1) is 26.1. The lowest BCUT2D eigenvalue weighted by Crippen LogP contribution is -2.48. The molecule has 36 heavy (non-hydrogen) atoms. The Morgan fingerprint density at radius 1 is 0.972 bits per heavy atom. The van der Waals surface area contributed by atoms with Crippen LogP contribution in [0.5, 0.6) is 11.5 Å². The molecule has 192 valence electrons. The summed E-state index contributed by atoms with van der Waals surface area (Å²) in [5, 5.41) is 1.09. The molecule has 0 atom stereocenters. The second-order valence-corrected chi connectivity index (χ2v) is 9.55. The number of hydrogen-bond acceptors (Lipinski definition) is 4. The van der Waals surface area contributed by atoms with Crippen LogP contribution < -0.4 is 9.47 Å². The minimum Gasteiger partial charge on any atom is -0.497 e. The van der Waals surface area contributed by atoms with Crippen LogP contribution in [0.3, 0.4) is 0 Å². The van der Waals surface area contributed by atoms with Gasteiger partial charge in [0.2, 0.25) is 5.91 Å². The van der Waals surface area contributed by atoms with Crippen molar-refractivity contribution in [1.82, 2.24) is 14.4 Å². The van der Waals surface area contributed by atoms with E-state index in [0.717, 1.165) is 85.8 Å². The van der Waals surface area contributed by atoms with Crippen LogP contribution in [0, 0.1) is 6.92 Å². The monoisotopic (exact) mass is 509 g/mol. The van der Waals surface area contributed by atoms with Gasteiger partial charge in [0.15, 0.2) is 0 Å². The summed E-state index contributed by atoms with van der Waals surface area (Å²) in [6.07, 6.45) is 5.57. The van der Waals surface area contributed by atoms with Gasteiger partial charge in [-0.05, 0) is 61.7 Å². The molecule has 0 aliphatic carbocycles. The Morgan fingerprint density at radius 3 is 2.33 bits per heavy atom. The van der Waals surface area contributed by atoms with Crippen molar-refractivity contribution in [3.05, 3.63) is 65.4 Å². The maximum atomic E-state index is 13.0. The van der Waals surface area contributed by atoms with Gasteiger partial charge >= 0.3 is 0 Å². The third-order valence-electron chi connectivity index (χ3n) is 7.05. The van der Waals surface area contributed by atoms with E-state index < -0.39 is 0 Å². The quantitative estimate of drug-likeness (QED) is 0.285. The molecule has 0 spiro atoms. The Kier molecular flexibility index (Phi) is 8.94. The molecule has 1 aliphatic heterocycles. The van der Waals surface area contributed by atoms with Crippen LogP contribution in [0.25, 0.3) is 17.0 Å². The number of methoxy groups -OCH3 is 2. The van der Waals surface area contributed by atoms with Crippen molar-refractivity contribution in [3.8, 4) is 11.5 Å². The zero-order valence-electron chi connectivity index (χ0n) is 21.5. The van der Waals surface area contributed by atoms with Gasteiger partial charge in [0.25, 0.3) is 0 Å². The minimum absolute atomic E-state index is 0.0637. The number of aryl methyl sites for hydroxylation is 1. The number of hydrogen-bond donors (Lipinski definition) is 0. The van der Waals surface area contributed by atoms with Gasteiger partial charge in [-0.3, -0.25) is 9.69 Å². The summed E-state index contributed by atoms with van der Waals surface area (Å²) in [6, 6.07) is 14.4. The molecule has 2 heterocycles. The van der Waals surface area contributed by atoms with Crippen LogP contribution >= 0.6 is 11.6 Å². The Hall–Kier alpha value is -2.96. The number of halogens is 1. The maximum absolute atomic E-state index is 13.0. The summed E-state index contributed by atoms with van der Waals surface area (Å²) in [7, 11) is 3.36. The fraction of sp³-hybridized carbons (Fsp3) is 0.414. The summed E-state index contributed by atoms with van der Waals surface area (Å²) in [4.78, 5) is 17.4. The molecule has 0 N–H and O–H groups in total. The normalized spacial score (nSPS) is 14.6. The molecular formula is C29H36ClN3O3. The predicted octanol–water partition coefficient (Wildman–Crippen LogP) is 5.00. The van der Waals surface area contributed by atoms with Gasteiger partial charge in [0.05, 0.1) is 14.2 Å². The molecule has 1 aromatic heterocycles. The second-order valence-electron chi connectivity index (χ2n) is 9.17. The summed E-state index contributed by atoms with van der Waals surface area (Å²) in [5.41, 5.74) is 4.63. The molecule has 1 fully saturated rings. The molecule has 1 amide bonds. The van der Waals surface area contributed by atoms with Crippen molar-refractivity contribution >= 4 is 34.5 Å². The minimum atomic E-state index is 0.0637. The number of alkyl halides is 1. The summed E-state index contributed by atoms with van der Waals surface area (Å²) in [6.45, 7) is 7.22. The van der Waals surface area contributed by atoms with Crippen molar-refractivity contribution < 1.29 is 14.3 Å². The van der Waals surface area contributed by atoms with E-state index in [2.05, 4.69) is 34.6 Å². The Labute approximate surface area is 219 Å². The number of ether oxygens (including phenoxy) is 2. The van der Waals surface area contributed by atoms with Crippen molar-refractivity contribution in [3.63, 3.8) is 0 Å². The molecule has 3 aromatic rings. The van der Waals surface area contributed by atoms with Crippen molar-refractivity contribution in [2.24, 2.45) is 0 Å². The molecule has 0 saturated carbocycles. The Bertz CT molecular complexity index is 1190. The highest BCUT2D eigenvalue weighted by Crippen LogP contribution is 2.31. The number of nitrogens with zero attached hydrogens (tertiary/aromatic N) is 3. The second kappa shape index (κ2) is 12.3.